The summed E-state index contributed by atoms with van der Waals surface area (Å²) in [6, 6.07) is -3.30. The van der Waals surface area contributed by atoms with Crippen molar-refractivity contribution in [3.05, 3.63) is 18.2 Å². The standard InChI is InChI=1S/C17H28N6O6/c1-3-9(2)14(23-15(26)11(18)4-10-5-19-8-21-10)16(27)20-6-13(25)22-12(7-24)17(28)29/h5,8-9,11-12,14,24H,3-4,6-7,18H2,1-2H3,(H,19,21)(H,20,27)(H,22,25)(H,23,26)(H,28,29). The van der Waals surface area contributed by atoms with E-state index in [0.717, 1.165) is 0 Å². The molecule has 0 aliphatic carbocycles. The second kappa shape index (κ2) is 11.8. The zero-order valence-electron chi connectivity index (χ0n) is 16.3. The van der Waals surface area contributed by atoms with Gasteiger partial charge >= 0.3 is 5.97 Å². The predicted molar refractivity (Wildman–Crippen MR) is 101 cm³/mol. The molecule has 1 heterocycles. The molecule has 0 aromatic carbocycles. The summed E-state index contributed by atoms with van der Waals surface area (Å²) in [5.41, 5.74) is 6.56. The van der Waals surface area contributed by atoms with Crippen LogP contribution in [-0.2, 0) is 25.6 Å². The number of aliphatic hydroxyl groups excluding tert-OH is 1. The number of nitrogens with two attached hydrogens (primary N) is 1. The second-order valence-electron chi connectivity index (χ2n) is 6.62. The Morgan fingerprint density at radius 3 is 2.45 bits per heavy atom. The summed E-state index contributed by atoms with van der Waals surface area (Å²) in [6.07, 6.45) is 3.79. The third kappa shape index (κ3) is 7.87. The monoisotopic (exact) mass is 412 g/mol. The molecular weight excluding hydrogens is 384 g/mol. The van der Waals surface area contributed by atoms with Crippen molar-refractivity contribution in [2.75, 3.05) is 13.2 Å². The van der Waals surface area contributed by atoms with Crippen LogP contribution in [0, 0.1) is 5.92 Å². The summed E-state index contributed by atoms with van der Waals surface area (Å²) >= 11 is 0. The molecule has 1 aromatic heterocycles. The zero-order chi connectivity index (χ0) is 22.0. The lowest BCUT2D eigenvalue weighted by atomic mass is 9.97. The van der Waals surface area contributed by atoms with Crippen LogP contribution >= 0.6 is 0 Å². The average molecular weight is 412 g/mol. The van der Waals surface area contributed by atoms with Gasteiger partial charge in [-0.3, -0.25) is 14.4 Å². The fourth-order valence-corrected chi connectivity index (χ4v) is 2.40. The van der Waals surface area contributed by atoms with E-state index in [4.69, 9.17) is 15.9 Å². The topological polar surface area (TPSA) is 200 Å². The lowest BCUT2D eigenvalue weighted by molar-refractivity contribution is -0.142. The van der Waals surface area contributed by atoms with Gasteiger partial charge in [0.2, 0.25) is 17.7 Å². The highest BCUT2D eigenvalue weighted by atomic mass is 16.4. The van der Waals surface area contributed by atoms with Gasteiger partial charge in [0, 0.05) is 18.3 Å². The number of carboxylic acid groups (broad SMARTS) is 1. The predicted octanol–water partition coefficient (Wildman–Crippen LogP) is -2.51. The maximum atomic E-state index is 12.5. The van der Waals surface area contributed by atoms with E-state index < -0.39 is 55.0 Å². The summed E-state index contributed by atoms with van der Waals surface area (Å²) in [5.74, 6) is -3.57. The van der Waals surface area contributed by atoms with Crippen LogP contribution in [0.1, 0.15) is 26.0 Å². The summed E-state index contributed by atoms with van der Waals surface area (Å²) in [6.45, 7) is 2.31. The third-order valence-corrected chi connectivity index (χ3v) is 4.36. The number of aromatic nitrogens is 2. The molecule has 0 fully saturated rings. The van der Waals surface area contributed by atoms with Gasteiger partial charge in [0.25, 0.3) is 0 Å². The van der Waals surface area contributed by atoms with E-state index in [1.54, 1.807) is 13.1 Å². The van der Waals surface area contributed by atoms with Crippen molar-refractivity contribution in [1.29, 1.82) is 0 Å². The number of nitrogens with zero attached hydrogens (tertiary/aromatic N) is 1. The first kappa shape index (κ1) is 24.0. The highest BCUT2D eigenvalue weighted by molar-refractivity contribution is 5.92. The number of hydrogen-bond acceptors (Lipinski definition) is 7. The fourth-order valence-electron chi connectivity index (χ4n) is 2.40. The molecule has 4 atom stereocenters. The Hall–Kier alpha value is -2.99. The van der Waals surface area contributed by atoms with Crippen LogP contribution in [0.15, 0.2) is 12.5 Å². The van der Waals surface area contributed by atoms with Gasteiger partial charge in [0.1, 0.15) is 12.1 Å². The highest BCUT2D eigenvalue weighted by Gasteiger charge is 2.28. The van der Waals surface area contributed by atoms with E-state index in [0.29, 0.717) is 12.1 Å². The Labute approximate surface area is 167 Å². The number of carboxylic acids is 1. The van der Waals surface area contributed by atoms with E-state index in [1.165, 1.54) is 6.33 Å². The molecule has 0 radical (unpaired) electrons. The Kier molecular flexibility index (Phi) is 9.75. The van der Waals surface area contributed by atoms with Gasteiger partial charge in [0.15, 0.2) is 0 Å². The number of carbonyl (C=O) groups excluding carboxylic acids is 3. The van der Waals surface area contributed by atoms with Gasteiger partial charge in [-0.15, -0.1) is 0 Å². The number of aliphatic hydroxyl groups is 1. The van der Waals surface area contributed by atoms with Gasteiger partial charge in [-0.25, -0.2) is 9.78 Å². The fraction of sp³-hybridized carbons (Fsp3) is 0.588. The lowest BCUT2D eigenvalue weighted by Crippen LogP contribution is -2.56. The molecule has 162 valence electrons. The summed E-state index contributed by atoms with van der Waals surface area (Å²) in [4.78, 5) is 54.1. The first-order chi connectivity index (χ1) is 13.7. The normalized spacial score (nSPS) is 14.9. The van der Waals surface area contributed by atoms with E-state index >= 15 is 0 Å². The van der Waals surface area contributed by atoms with Crippen molar-refractivity contribution in [3.63, 3.8) is 0 Å². The van der Waals surface area contributed by atoms with Crippen LogP contribution in [0.4, 0.5) is 0 Å². The Morgan fingerprint density at radius 2 is 1.93 bits per heavy atom. The van der Waals surface area contributed by atoms with Crippen LogP contribution in [0.5, 0.6) is 0 Å². The number of imidazole rings is 1. The third-order valence-electron chi connectivity index (χ3n) is 4.36. The molecule has 1 aromatic rings. The average Bonchev–Trinajstić information content (AvgIpc) is 3.20. The molecule has 12 nitrogen and oxygen atoms in total. The van der Waals surface area contributed by atoms with Gasteiger partial charge < -0.3 is 36.9 Å². The van der Waals surface area contributed by atoms with Gasteiger partial charge in [0.05, 0.1) is 25.5 Å². The SMILES string of the molecule is CCC(C)C(NC(=O)C(N)Cc1cnc[nH]1)C(=O)NCC(=O)NC(CO)C(=O)O. The van der Waals surface area contributed by atoms with Crippen molar-refractivity contribution >= 4 is 23.7 Å². The number of carbonyl (C=O) groups is 4. The second-order valence-corrected chi connectivity index (χ2v) is 6.62. The number of nitrogens with one attached hydrogen (secondary N) is 4. The molecule has 8 N–H and O–H groups in total. The van der Waals surface area contributed by atoms with Crippen LogP contribution in [0.3, 0.4) is 0 Å². The van der Waals surface area contributed by atoms with Crippen molar-refractivity contribution in [2.45, 2.75) is 44.8 Å². The number of hydrogen-bond donors (Lipinski definition) is 7. The Balaban J connectivity index is 2.64. The summed E-state index contributed by atoms with van der Waals surface area (Å²) in [7, 11) is 0. The smallest absolute Gasteiger partial charge is 0.328 e. The van der Waals surface area contributed by atoms with E-state index in [2.05, 4.69) is 25.9 Å². The molecular formula is C17H28N6O6. The molecule has 0 spiro atoms. The maximum Gasteiger partial charge on any atom is 0.328 e. The molecule has 12 heteroatoms. The summed E-state index contributed by atoms with van der Waals surface area (Å²) in [5, 5.41) is 24.7. The van der Waals surface area contributed by atoms with Crippen molar-refractivity contribution < 1.29 is 29.4 Å². The lowest BCUT2D eigenvalue weighted by Gasteiger charge is -2.25. The molecule has 3 amide bonds. The Morgan fingerprint density at radius 1 is 1.24 bits per heavy atom. The van der Waals surface area contributed by atoms with Crippen molar-refractivity contribution in [1.82, 2.24) is 25.9 Å². The number of aromatic amines is 1. The van der Waals surface area contributed by atoms with Gasteiger partial charge in [-0.05, 0) is 5.92 Å². The van der Waals surface area contributed by atoms with Crippen LogP contribution < -0.4 is 21.7 Å². The minimum atomic E-state index is -1.47. The maximum absolute atomic E-state index is 12.5. The first-order valence-electron chi connectivity index (χ1n) is 9.13. The van der Waals surface area contributed by atoms with Gasteiger partial charge in [-0.2, -0.15) is 0 Å². The van der Waals surface area contributed by atoms with Crippen LogP contribution in [0.25, 0.3) is 0 Å². The number of aliphatic carboxylic acids is 1. The number of rotatable bonds is 12. The number of amides is 3. The molecule has 29 heavy (non-hydrogen) atoms. The summed E-state index contributed by atoms with van der Waals surface area (Å²) < 4.78 is 0. The van der Waals surface area contributed by atoms with E-state index in [1.807, 2.05) is 6.92 Å². The zero-order valence-corrected chi connectivity index (χ0v) is 16.3. The largest absolute Gasteiger partial charge is 0.480 e. The number of H-pyrrole nitrogens is 1. The van der Waals surface area contributed by atoms with Crippen molar-refractivity contribution in [3.8, 4) is 0 Å². The quantitative estimate of drug-likeness (QED) is 0.195. The molecule has 0 aliphatic rings. The van der Waals surface area contributed by atoms with E-state index in [9.17, 15) is 19.2 Å². The minimum absolute atomic E-state index is 0.209. The molecule has 4 unspecified atom stereocenters. The van der Waals surface area contributed by atoms with Crippen LogP contribution in [0.2, 0.25) is 0 Å². The minimum Gasteiger partial charge on any atom is -0.480 e. The molecule has 0 bridgehead atoms. The van der Waals surface area contributed by atoms with Crippen LogP contribution in [-0.4, -0.2) is 75.1 Å². The Bertz CT molecular complexity index is 695. The van der Waals surface area contributed by atoms with Gasteiger partial charge in [-0.1, -0.05) is 20.3 Å². The molecule has 0 saturated heterocycles. The molecule has 0 aliphatic heterocycles. The van der Waals surface area contributed by atoms with E-state index in [-0.39, 0.29) is 12.3 Å². The highest BCUT2D eigenvalue weighted by Crippen LogP contribution is 2.09. The molecule has 1 rings (SSSR count). The van der Waals surface area contributed by atoms with Crippen molar-refractivity contribution in [2.24, 2.45) is 11.7 Å². The first-order valence-corrected chi connectivity index (χ1v) is 9.13. The molecule has 0 saturated carbocycles.